The van der Waals surface area contributed by atoms with Gasteiger partial charge in [0.2, 0.25) is 0 Å². The summed E-state index contributed by atoms with van der Waals surface area (Å²) >= 11 is 1.06. The van der Waals surface area contributed by atoms with Crippen LogP contribution in [0.4, 0.5) is 10.8 Å². The number of nitrogens with zero attached hydrogens (tertiary/aromatic N) is 1. The minimum Gasteiger partial charge on any atom is -0.398 e. The van der Waals surface area contributed by atoms with E-state index in [1.807, 2.05) is 6.92 Å². The largest absolute Gasteiger partial charge is 0.398 e. The molecule has 8 heteroatoms. The second-order valence-electron chi connectivity index (χ2n) is 4.65. The van der Waals surface area contributed by atoms with E-state index in [1.165, 1.54) is 18.4 Å². The molecule has 112 valence electrons. The molecule has 1 heterocycles. The number of hydrogen-bond acceptors (Lipinski definition) is 6. The SMILES string of the molecule is CC(=O)c1csc(NS(=O)(=O)c2cc(C)c(C)c(N)c2)n1. The molecule has 0 bridgehead atoms. The number of ketones is 1. The van der Waals surface area contributed by atoms with Gasteiger partial charge in [-0.15, -0.1) is 11.3 Å². The number of benzene rings is 1. The Labute approximate surface area is 127 Å². The molecule has 21 heavy (non-hydrogen) atoms. The molecule has 0 aliphatic rings. The van der Waals surface area contributed by atoms with Gasteiger partial charge in [-0.25, -0.2) is 13.4 Å². The predicted octanol–water partition coefficient (Wildman–Crippen LogP) is 2.35. The van der Waals surface area contributed by atoms with Crippen LogP contribution < -0.4 is 10.5 Å². The number of thiazole rings is 1. The van der Waals surface area contributed by atoms with E-state index in [0.717, 1.165) is 22.5 Å². The molecule has 1 aromatic carbocycles. The number of nitrogen functional groups attached to an aromatic ring is 1. The summed E-state index contributed by atoms with van der Waals surface area (Å²) in [5, 5.41) is 1.66. The van der Waals surface area contributed by atoms with Crippen LogP contribution in [0.3, 0.4) is 0 Å². The maximum absolute atomic E-state index is 12.3. The van der Waals surface area contributed by atoms with Gasteiger partial charge in [-0.3, -0.25) is 9.52 Å². The predicted molar refractivity (Wildman–Crippen MR) is 83.3 cm³/mol. The first-order valence-corrected chi connectivity index (χ1v) is 8.43. The van der Waals surface area contributed by atoms with Gasteiger partial charge in [0.05, 0.1) is 4.90 Å². The van der Waals surface area contributed by atoms with E-state index >= 15 is 0 Å². The van der Waals surface area contributed by atoms with Crippen molar-refractivity contribution in [3.05, 3.63) is 34.3 Å². The molecule has 2 aromatic rings. The Morgan fingerprint density at radius 3 is 2.52 bits per heavy atom. The first-order valence-electron chi connectivity index (χ1n) is 6.06. The summed E-state index contributed by atoms with van der Waals surface area (Å²) in [6, 6.07) is 2.96. The minimum atomic E-state index is -3.78. The number of carbonyl (C=O) groups excluding carboxylic acids is 1. The quantitative estimate of drug-likeness (QED) is 0.663. The topological polar surface area (TPSA) is 102 Å². The third-order valence-corrected chi connectivity index (χ3v) is 5.28. The first-order chi connectivity index (χ1) is 9.70. The van der Waals surface area contributed by atoms with E-state index in [9.17, 15) is 13.2 Å². The fourth-order valence-electron chi connectivity index (χ4n) is 1.66. The second kappa shape index (κ2) is 5.45. The van der Waals surface area contributed by atoms with Crippen LogP contribution in [-0.4, -0.2) is 19.2 Å². The Morgan fingerprint density at radius 1 is 1.33 bits per heavy atom. The molecular weight excluding hydrogens is 310 g/mol. The summed E-state index contributed by atoms with van der Waals surface area (Å²) in [5.41, 5.74) is 8.09. The maximum atomic E-state index is 12.3. The molecule has 2 rings (SSSR count). The zero-order valence-electron chi connectivity index (χ0n) is 11.8. The van der Waals surface area contributed by atoms with Crippen LogP contribution in [0.5, 0.6) is 0 Å². The maximum Gasteiger partial charge on any atom is 0.263 e. The highest BCUT2D eigenvalue weighted by atomic mass is 32.2. The molecule has 0 saturated heterocycles. The standard InChI is InChI=1S/C13H15N3O3S2/c1-7-4-10(5-11(14)8(7)2)21(18,19)16-13-15-12(6-20-13)9(3)17/h4-6H,14H2,1-3H3,(H,15,16). The van der Waals surface area contributed by atoms with E-state index in [1.54, 1.807) is 13.0 Å². The molecule has 6 nitrogen and oxygen atoms in total. The summed E-state index contributed by atoms with van der Waals surface area (Å²) in [4.78, 5) is 15.2. The van der Waals surface area contributed by atoms with Crippen molar-refractivity contribution in [2.24, 2.45) is 0 Å². The summed E-state index contributed by atoms with van der Waals surface area (Å²) in [7, 11) is -3.78. The number of rotatable bonds is 4. The molecule has 0 unspecified atom stereocenters. The van der Waals surface area contributed by atoms with E-state index in [4.69, 9.17) is 5.73 Å². The molecular formula is C13H15N3O3S2. The molecule has 0 fully saturated rings. The molecule has 0 spiro atoms. The smallest absolute Gasteiger partial charge is 0.263 e. The van der Waals surface area contributed by atoms with Gasteiger partial charge < -0.3 is 5.73 Å². The molecule has 0 aliphatic carbocycles. The lowest BCUT2D eigenvalue weighted by Gasteiger charge is -2.10. The molecule has 0 atom stereocenters. The molecule has 3 N–H and O–H groups in total. The highest BCUT2D eigenvalue weighted by molar-refractivity contribution is 7.93. The monoisotopic (exact) mass is 325 g/mol. The molecule has 1 aromatic heterocycles. The van der Waals surface area contributed by atoms with Crippen molar-refractivity contribution in [1.82, 2.24) is 4.98 Å². The van der Waals surface area contributed by atoms with Crippen molar-refractivity contribution in [3.63, 3.8) is 0 Å². The molecule has 0 radical (unpaired) electrons. The van der Waals surface area contributed by atoms with Crippen molar-refractivity contribution in [2.75, 3.05) is 10.5 Å². The number of carbonyl (C=O) groups is 1. The summed E-state index contributed by atoms with van der Waals surface area (Å²) in [6.45, 7) is 4.99. The number of anilines is 2. The van der Waals surface area contributed by atoms with Gasteiger partial charge in [0.15, 0.2) is 10.9 Å². The zero-order chi connectivity index (χ0) is 15.8. The number of aryl methyl sites for hydroxylation is 1. The lowest BCUT2D eigenvalue weighted by atomic mass is 10.1. The van der Waals surface area contributed by atoms with Crippen LogP contribution in [0.1, 0.15) is 28.5 Å². The Morgan fingerprint density at radius 2 is 2.00 bits per heavy atom. The summed E-state index contributed by atoms with van der Waals surface area (Å²) in [6.07, 6.45) is 0. The van der Waals surface area contributed by atoms with Crippen LogP contribution >= 0.6 is 11.3 Å². The van der Waals surface area contributed by atoms with E-state index in [2.05, 4.69) is 9.71 Å². The fraction of sp³-hybridized carbons (Fsp3) is 0.231. The Hall–Kier alpha value is -1.93. The van der Waals surface area contributed by atoms with Crippen molar-refractivity contribution >= 4 is 38.0 Å². The van der Waals surface area contributed by atoms with Gasteiger partial charge in [-0.05, 0) is 37.1 Å². The van der Waals surface area contributed by atoms with Gasteiger partial charge in [0.25, 0.3) is 10.0 Å². The normalized spacial score (nSPS) is 11.4. The molecule has 0 amide bonds. The van der Waals surface area contributed by atoms with Crippen LogP contribution in [0.15, 0.2) is 22.4 Å². The lowest BCUT2D eigenvalue weighted by molar-refractivity contribution is 0.101. The lowest BCUT2D eigenvalue weighted by Crippen LogP contribution is -2.14. The Bertz CT molecular complexity index is 787. The van der Waals surface area contributed by atoms with Crippen molar-refractivity contribution in [3.8, 4) is 0 Å². The first kappa shape index (κ1) is 15.5. The van der Waals surface area contributed by atoms with Gasteiger partial charge in [0, 0.05) is 18.0 Å². The Kier molecular flexibility index (Phi) is 4.02. The van der Waals surface area contributed by atoms with Crippen molar-refractivity contribution in [1.29, 1.82) is 0 Å². The number of aromatic nitrogens is 1. The number of sulfonamides is 1. The van der Waals surface area contributed by atoms with Gasteiger partial charge in [-0.2, -0.15) is 0 Å². The number of hydrogen-bond donors (Lipinski definition) is 2. The van der Waals surface area contributed by atoms with Gasteiger partial charge in [0.1, 0.15) is 5.69 Å². The third kappa shape index (κ3) is 3.22. The number of Topliss-reactive ketones (excluding diaryl/α,β-unsaturated/α-hetero) is 1. The molecule has 0 saturated carbocycles. The van der Waals surface area contributed by atoms with Crippen LogP contribution in [0, 0.1) is 13.8 Å². The summed E-state index contributed by atoms with van der Waals surface area (Å²) < 4.78 is 27.0. The van der Waals surface area contributed by atoms with E-state index < -0.39 is 10.0 Å². The highest BCUT2D eigenvalue weighted by Crippen LogP contribution is 2.24. The van der Waals surface area contributed by atoms with E-state index in [-0.39, 0.29) is 21.5 Å². The van der Waals surface area contributed by atoms with Crippen molar-refractivity contribution < 1.29 is 13.2 Å². The van der Waals surface area contributed by atoms with Gasteiger partial charge >= 0.3 is 0 Å². The summed E-state index contributed by atoms with van der Waals surface area (Å²) in [5.74, 6) is -0.216. The second-order valence-corrected chi connectivity index (χ2v) is 7.19. The highest BCUT2D eigenvalue weighted by Gasteiger charge is 2.18. The minimum absolute atomic E-state index is 0.0719. The average Bonchev–Trinajstić information content (AvgIpc) is 2.83. The van der Waals surface area contributed by atoms with E-state index in [0.29, 0.717) is 5.69 Å². The fourth-order valence-corrected chi connectivity index (χ4v) is 3.79. The average molecular weight is 325 g/mol. The number of nitrogens with two attached hydrogens (primary N) is 1. The molecule has 0 aliphatic heterocycles. The van der Waals surface area contributed by atoms with Crippen molar-refractivity contribution in [2.45, 2.75) is 25.7 Å². The van der Waals surface area contributed by atoms with Crippen LogP contribution in [0.2, 0.25) is 0 Å². The number of nitrogens with one attached hydrogen (secondary N) is 1. The Balaban J connectivity index is 2.36. The van der Waals surface area contributed by atoms with Gasteiger partial charge in [-0.1, -0.05) is 0 Å². The van der Waals surface area contributed by atoms with Crippen LogP contribution in [-0.2, 0) is 10.0 Å². The van der Waals surface area contributed by atoms with Crippen LogP contribution in [0.25, 0.3) is 0 Å². The zero-order valence-corrected chi connectivity index (χ0v) is 13.4. The third-order valence-electron chi connectivity index (χ3n) is 3.08.